The summed E-state index contributed by atoms with van der Waals surface area (Å²) in [4.78, 5) is 40.5. The monoisotopic (exact) mass is 474 g/mol. The van der Waals surface area contributed by atoms with Crippen molar-refractivity contribution >= 4 is 23.6 Å². The van der Waals surface area contributed by atoms with Crippen molar-refractivity contribution in [2.24, 2.45) is 0 Å². The van der Waals surface area contributed by atoms with Crippen LogP contribution in [-0.2, 0) is 14.4 Å². The summed E-state index contributed by atoms with van der Waals surface area (Å²) in [6, 6.07) is 21.3. The minimum Gasteiger partial charge on any atom is -0.481 e. The molecule has 35 heavy (non-hydrogen) atoms. The second-order valence-electron chi connectivity index (χ2n) is 8.18. The molecule has 2 amide bonds. The number of hydrogen-bond donors (Lipinski definition) is 4. The van der Waals surface area contributed by atoms with Crippen LogP contribution in [0.5, 0.6) is 0 Å². The SMILES string of the molecule is C[C@H](NC(=O)CCCNc1ccccn1)C(=O)NC(CC(=O)O)c1ccc(-c2ccccc2)cc1. The summed E-state index contributed by atoms with van der Waals surface area (Å²) in [6.07, 6.45) is 2.24. The summed E-state index contributed by atoms with van der Waals surface area (Å²) in [5.41, 5.74) is 2.72. The van der Waals surface area contributed by atoms with Crippen LogP contribution in [0, 0.1) is 0 Å². The van der Waals surface area contributed by atoms with Crippen molar-refractivity contribution in [1.82, 2.24) is 15.6 Å². The molecule has 182 valence electrons. The number of nitrogens with zero attached hydrogens (tertiary/aromatic N) is 1. The first-order chi connectivity index (χ1) is 16.9. The smallest absolute Gasteiger partial charge is 0.305 e. The van der Waals surface area contributed by atoms with Crippen molar-refractivity contribution in [2.75, 3.05) is 11.9 Å². The number of carbonyl (C=O) groups excluding carboxylic acids is 2. The van der Waals surface area contributed by atoms with E-state index in [9.17, 15) is 19.5 Å². The molecule has 8 heteroatoms. The number of aromatic nitrogens is 1. The Morgan fingerprint density at radius 3 is 2.23 bits per heavy atom. The maximum absolute atomic E-state index is 12.7. The van der Waals surface area contributed by atoms with Gasteiger partial charge in [-0.05, 0) is 42.2 Å². The fraction of sp³-hybridized carbons (Fsp3) is 0.259. The predicted molar refractivity (Wildman–Crippen MR) is 135 cm³/mol. The van der Waals surface area contributed by atoms with E-state index in [1.54, 1.807) is 13.1 Å². The van der Waals surface area contributed by atoms with Crippen LogP contribution in [0.15, 0.2) is 79.0 Å². The standard InChI is InChI=1S/C27H30N4O4/c1-19(30-25(32)11-7-17-29-24-10-5-6-16-28-24)27(35)31-23(18-26(33)34)22-14-12-21(13-15-22)20-8-3-2-4-9-20/h2-6,8-10,12-16,19,23H,7,11,17-18H2,1H3,(H,28,29)(H,30,32)(H,31,35)(H,33,34)/t19-,23?/m0/s1. The molecule has 0 saturated carbocycles. The van der Waals surface area contributed by atoms with Gasteiger partial charge in [-0.3, -0.25) is 14.4 Å². The van der Waals surface area contributed by atoms with Crippen molar-refractivity contribution in [2.45, 2.75) is 38.3 Å². The van der Waals surface area contributed by atoms with E-state index in [2.05, 4.69) is 20.9 Å². The molecule has 0 fully saturated rings. The number of nitrogens with one attached hydrogen (secondary N) is 3. The number of pyridine rings is 1. The van der Waals surface area contributed by atoms with E-state index in [1.165, 1.54) is 0 Å². The zero-order chi connectivity index (χ0) is 25.0. The molecule has 3 aromatic rings. The van der Waals surface area contributed by atoms with Crippen molar-refractivity contribution in [3.63, 3.8) is 0 Å². The number of carboxylic acid groups (broad SMARTS) is 1. The lowest BCUT2D eigenvalue weighted by Crippen LogP contribution is -2.46. The number of rotatable bonds is 12. The van der Waals surface area contributed by atoms with Crippen LogP contribution in [0.4, 0.5) is 5.82 Å². The topological polar surface area (TPSA) is 120 Å². The van der Waals surface area contributed by atoms with Crippen LogP contribution in [0.2, 0.25) is 0 Å². The summed E-state index contributed by atoms with van der Waals surface area (Å²) in [5.74, 6) is -0.984. The Labute approximate surface area is 204 Å². The van der Waals surface area contributed by atoms with Gasteiger partial charge >= 0.3 is 5.97 Å². The Hall–Kier alpha value is -4.20. The van der Waals surface area contributed by atoms with E-state index < -0.39 is 24.0 Å². The number of anilines is 1. The maximum atomic E-state index is 12.7. The van der Waals surface area contributed by atoms with E-state index >= 15 is 0 Å². The number of carboxylic acids is 1. The van der Waals surface area contributed by atoms with E-state index in [0.29, 0.717) is 18.5 Å². The molecule has 0 saturated heterocycles. The lowest BCUT2D eigenvalue weighted by molar-refractivity contribution is -0.138. The minimum absolute atomic E-state index is 0.247. The van der Waals surface area contributed by atoms with E-state index in [-0.39, 0.29) is 18.7 Å². The van der Waals surface area contributed by atoms with Gasteiger partial charge in [0.15, 0.2) is 0 Å². The lowest BCUT2D eigenvalue weighted by atomic mass is 9.99. The number of aliphatic carboxylic acids is 1. The molecule has 0 aliphatic rings. The molecular weight excluding hydrogens is 444 g/mol. The quantitative estimate of drug-likeness (QED) is 0.297. The van der Waals surface area contributed by atoms with Gasteiger partial charge in [0, 0.05) is 19.2 Å². The second-order valence-corrected chi connectivity index (χ2v) is 8.18. The number of benzene rings is 2. The van der Waals surface area contributed by atoms with Gasteiger partial charge < -0.3 is 21.1 Å². The maximum Gasteiger partial charge on any atom is 0.305 e. The summed E-state index contributed by atoms with van der Waals surface area (Å²) < 4.78 is 0. The number of hydrogen-bond acceptors (Lipinski definition) is 5. The fourth-order valence-corrected chi connectivity index (χ4v) is 3.57. The molecule has 0 bridgehead atoms. The first kappa shape index (κ1) is 25.4. The Balaban J connectivity index is 1.51. The highest BCUT2D eigenvalue weighted by molar-refractivity contribution is 5.87. The third-order valence-corrected chi connectivity index (χ3v) is 5.44. The number of carbonyl (C=O) groups is 3. The summed E-state index contributed by atoms with van der Waals surface area (Å²) in [6.45, 7) is 2.15. The van der Waals surface area contributed by atoms with E-state index in [1.807, 2.05) is 72.8 Å². The van der Waals surface area contributed by atoms with Gasteiger partial charge in [0.2, 0.25) is 11.8 Å². The Kier molecular flexibility index (Phi) is 9.36. The molecule has 0 aliphatic carbocycles. The van der Waals surface area contributed by atoms with Crippen molar-refractivity contribution < 1.29 is 19.5 Å². The highest BCUT2D eigenvalue weighted by Crippen LogP contribution is 2.23. The molecule has 2 aromatic carbocycles. The molecule has 1 aromatic heterocycles. The molecule has 0 radical (unpaired) electrons. The number of amides is 2. The van der Waals surface area contributed by atoms with Crippen LogP contribution in [-0.4, -0.2) is 40.5 Å². The van der Waals surface area contributed by atoms with E-state index in [4.69, 9.17) is 0 Å². The van der Waals surface area contributed by atoms with Gasteiger partial charge in [-0.2, -0.15) is 0 Å². The normalized spacial score (nSPS) is 12.3. The van der Waals surface area contributed by atoms with Crippen LogP contribution in [0.1, 0.15) is 37.8 Å². The van der Waals surface area contributed by atoms with E-state index in [0.717, 1.165) is 16.9 Å². The highest BCUT2D eigenvalue weighted by atomic mass is 16.4. The first-order valence-corrected chi connectivity index (χ1v) is 11.5. The van der Waals surface area contributed by atoms with Gasteiger partial charge in [-0.1, -0.05) is 60.7 Å². The summed E-state index contributed by atoms with van der Waals surface area (Å²) >= 11 is 0. The Morgan fingerprint density at radius 1 is 0.886 bits per heavy atom. The Morgan fingerprint density at radius 2 is 1.57 bits per heavy atom. The average molecular weight is 475 g/mol. The van der Waals surface area contributed by atoms with Crippen LogP contribution in [0.25, 0.3) is 11.1 Å². The molecule has 1 unspecified atom stereocenters. The van der Waals surface area contributed by atoms with Gasteiger partial charge in [0.25, 0.3) is 0 Å². The van der Waals surface area contributed by atoms with Crippen molar-refractivity contribution in [3.05, 3.63) is 84.6 Å². The summed E-state index contributed by atoms with van der Waals surface area (Å²) in [5, 5.41) is 17.9. The van der Waals surface area contributed by atoms with Gasteiger partial charge in [0.05, 0.1) is 12.5 Å². The molecule has 3 rings (SSSR count). The third-order valence-electron chi connectivity index (χ3n) is 5.44. The molecule has 2 atom stereocenters. The Bertz CT molecular complexity index is 1110. The molecule has 8 nitrogen and oxygen atoms in total. The minimum atomic E-state index is -1.03. The van der Waals surface area contributed by atoms with Crippen molar-refractivity contribution in [1.29, 1.82) is 0 Å². The largest absolute Gasteiger partial charge is 0.481 e. The zero-order valence-electron chi connectivity index (χ0n) is 19.6. The molecule has 4 N–H and O–H groups in total. The van der Waals surface area contributed by atoms with Crippen molar-refractivity contribution in [3.8, 4) is 11.1 Å². The lowest BCUT2D eigenvalue weighted by Gasteiger charge is -2.21. The van der Waals surface area contributed by atoms with Gasteiger partial charge in [-0.25, -0.2) is 4.98 Å². The van der Waals surface area contributed by atoms with Crippen LogP contribution in [0.3, 0.4) is 0 Å². The molecular formula is C27H30N4O4. The molecule has 1 heterocycles. The zero-order valence-corrected chi connectivity index (χ0v) is 19.6. The fourth-order valence-electron chi connectivity index (χ4n) is 3.57. The third kappa shape index (κ3) is 8.26. The van der Waals surface area contributed by atoms with Crippen LogP contribution < -0.4 is 16.0 Å². The predicted octanol–water partition coefficient (Wildman–Crippen LogP) is 3.78. The van der Waals surface area contributed by atoms with Gasteiger partial charge in [0.1, 0.15) is 11.9 Å². The van der Waals surface area contributed by atoms with Crippen LogP contribution >= 0.6 is 0 Å². The van der Waals surface area contributed by atoms with Gasteiger partial charge in [-0.15, -0.1) is 0 Å². The first-order valence-electron chi connectivity index (χ1n) is 11.5. The highest BCUT2D eigenvalue weighted by Gasteiger charge is 2.22. The average Bonchev–Trinajstić information content (AvgIpc) is 2.87. The summed E-state index contributed by atoms with van der Waals surface area (Å²) in [7, 11) is 0. The second kappa shape index (κ2) is 12.9. The molecule has 0 aliphatic heterocycles. The molecule has 0 spiro atoms.